The molecular weight excluding hydrogens is 251 g/mol. The molecule has 0 N–H and O–H groups in total. The zero-order chi connectivity index (χ0) is 2.00. The summed E-state index contributed by atoms with van der Waals surface area (Å²) in [4.78, 5) is 0. The molecule has 0 heterocycles. The minimum absolute atomic E-state index is 0. The average molecular weight is 251 g/mol. The molecular formula is Co3NiO. The summed E-state index contributed by atoms with van der Waals surface area (Å²) in [6.45, 7) is 0. The van der Waals surface area contributed by atoms with E-state index in [9.17, 15) is 0 Å². The molecule has 0 aliphatic carbocycles. The molecule has 3 radical (unpaired) electrons. The summed E-state index contributed by atoms with van der Waals surface area (Å²) in [6.07, 6.45) is 0. The van der Waals surface area contributed by atoms with E-state index in [1.165, 1.54) is 0 Å². The van der Waals surface area contributed by atoms with Crippen LogP contribution in [-0.2, 0) is 69.6 Å². The third-order valence-corrected chi connectivity index (χ3v) is 0. The summed E-state index contributed by atoms with van der Waals surface area (Å²) in [6, 6.07) is 0. The molecule has 0 aliphatic heterocycles. The van der Waals surface area contributed by atoms with Gasteiger partial charge in [0.15, 0.2) is 0 Å². The first kappa shape index (κ1) is 29.1. The van der Waals surface area contributed by atoms with Crippen LogP contribution in [0.25, 0.3) is 0 Å². The zero-order valence-electron chi connectivity index (χ0n) is 1.72. The van der Waals surface area contributed by atoms with Crippen molar-refractivity contribution in [1.29, 1.82) is 0 Å². The second kappa shape index (κ2) is 41.0. The van der Waals surface area contributed by atoms with E-state index < -0.39 is 0 Å². The van der Waals surface area contributed by atoms with E-state index in [2.05, 4.69) is 15.4 Å². The summed E-state index contributed by atoms with van der Waals surface area (Å²) < 4.78 is 7.88. The Kier molecular flexibility index (Phi) is 238. The average Bonchev–Trinajstić information content (AvgIpc) is 1.00. The van der Waals surface area contributed by atoms with E-state index in [-0.39, 0.29) is 50.3 Å². The molecule has 5 heavy (non-hydrogen) atoms. The van der Waals surface area contributed by atoms with Crippen LogP contribution in [0.5, 0.6) is 0 Å². The first-order chi connectivity index (χ1) is 1.00. The van der Waals surface area contributed by atoms with Gasteiger partial charge in [0.25, 0.3) is 0 Å². The van der Waals surface area contributed by atoms with Gasteiger partial charge >= 0.3 is 19.3 Å². The normalized spacial score (nSPS) is 1.20. The molecule has 0 saturated heterocycles. The summed E-state index contributed by atoms with van der Waals surface area (Å²) in [5.74, 6) is 0. The van der Waals surface area contributed by atoms with Crippen LogP contribution < -0.4 is 0 Å². The van der Waals surface area contributed by atoms with E-state index >= 15 is 0 Å². The van der Waals surface area contributed by atoms with Gasteiger partial charge in [-0.15, -0.1) is 0 Å². The van der Waals surface area contributed by atoms with Crippen molar-refractivity contribution in [2.45, 2.75) is 0 Å². The molecule has 43 valence electrons. The molecule has 0 aromatic heterocycles. The molecule has 0 rings (SSSR count). The van der Waals surface area contributed by atoms with Gasteiger partial charge in [0.2, 0.25) is 0 Å². The summed E-state index contributed by atoms with van der Waals surface area (Å²) in [5.41, 5.74) is 0. The molecule has 0 spiro atoms. The van der Waals surface area contributed by atoms with Gasteiger partial charge < -0.3 is 0 Å². The monoisotopic (exact) mass is 251 g/mol. The Balaban J connectivity index is -0.00000000167. The second-order valence-electron chi connectivity index (χ2n) is 0. The van der Waals surface area contributed by atoms with Crippen molar-refractivity contribution >= 4 is 0 Å². The molecule has 0 aromatic rings. The zero-order valence-corrected chi connectivity index (χ0v) is 5.84. The van der Waals surface area contributed by atoms with E-state index in [0.717, 1.165) is 0 Å². The van der Waals surface area contributed by atoms with E-state index in [0.29, 0.717) is 0 Å². The maximum atomic E-state index is 7.88. The van der Waals surface area contributed by atoms with E-state index in [1.54, 1.807) is 0 Å². The molecule has 0 aliphatic rings. The fraction of sp³-hybridized carbons (Fsp3) is 0. The topological polar surface area (TPSA) is 17.1 Å². The first-order valence-corrected chi connectivity index (χ1v) is 0.532. The van der Waals surface area contributed by atoms with Crippen molar-refractivity contribution in [3.8, 4) is 0 Å². The van der Waals surface area contributed by atoms with Crippen molar-refractivity contribution in [2.24, 2.45) is 0 Å². The Morgan fingerprint density at radius 2 is 0.800 bits per heavy atom. The van der Waals surface area contributed by atoms with Crippen LogP contribution >= 0.6 is 0 Å². The SMILES string of the molecule is [Co].[Co].[Co].[O]=[Ni]. The quantitative estimate of drug-likeness (QED) is 0.548. The van der Waals surface area contributed by atoms with Crippen molar-refractivity contribution in [1.82, 2.24) is 0 Å². The molecule has 0 saturated carbocycles. The minimum atomic E-state index is 0. The Morgan fingerprint density at radius 3 is 0.800 bits per heavy atom. The Hall–Kier alpha value is 1.81. The number of rotatable bonds is 0. The molecule has 5 heteroatoms. The Labute approximate surface area is 69.2 Å². The Bertz CT molecular complexity index is 6.85. The molecule has 0 bridgehead atoms. The predicted molar refractivity (Wildman–Crippen MR) is 0.686 cm³/mol. The molecule has 1 nitrogen and oxygen atoms in total. The van der Waals surface area contributed by atoms with Crippen molar-refractivity contribution in [2.75, 3.05) is 0 Å². The second-order valence-corrected chi connectivity index (χ2v) is 0. The van der Waals surface area contributed by atoms with Crippen molar-refractivity contribution < 1.29 is 69.6 Å². The summed E-state index contributed by atoms with van der Waals surface area (Å²) in [7, 11) is 0. The van der Waals surface area contributed by atoms with Gasteiger partial charge in [-0.05, 0) is 0 Å². The fourth-order valence-corrected chi connectivity index (χ4v) is 0. The van der Waals surface area contributed by atoms with Gasteiger partial charge in [-0.1, -0.05) is 0 Å². The van der Waals surface area contributed by atoms with Crippen LogP contribution in [0.4, 0.5) is 0 Å². The predicted octanol–water partition coefficient (Wildman–Crippen LogP) is -0.129. The van der Waals surface area contributed by atoms with E-state index in [1.807, 2.05) is 0 Å². The molecule has 0 aromatic carbocycles. The van der Waals surface area contributed by atoms with Crippen LogP contribution in [-0.4, -0.2) is 0 Å². The first-order valence-electron chi connectivity index (χ1n) is 0.129. The fourth-order valence-electron chi connectivity index (χ4n) is 0. The van der Waals surface area contributed by atoms with Crippen LogP contribution in [0.1, 0.15) is 0 Å². The Morgan fingerprint density at radius 1 is 0.800 bits per heavy atom. The van der Waals surface area contributed by atoms with Crippen LogP contribution in [0.2, 0.25) is 0 Å². The molecule has 0 atom stereocenters. The summed E-state index contributed by atoms with van der Waals surface area (Å²) in [5, 5.41) is 0. The van der Waals surface area contributed by atoms with Crippen LogP contribution in [0.3, 0.4) is 0 Å². The molecule has 0 fully saturated rings. The van der Waals surface area contributed by atoms with Gasteiger partial charge in [0.05, 0.1) is 0 Å². The van der Waals surface area contributed by atoms with Crippen LogP contribution in [0.15, 0.2) is 0 Å². The van der Waals surface area contributed by atoms with Gasteiger partial charge in [-0.2, -0.15) is 0 Å². The third-order valence-electron chi connectivity index (χ3n) is 0. The maximum absolute atomic E-state index is 7.88. The molecule has 0 amide bonds. The molecule has 0 unspecified atom stereocenters. The van der Waals surface area contributed by atoms with Crippen LogP contribution in [0, 0.1) is 0 Å². The van der Waals surface area contributed by atoms with Gasteiger partial charge in [0.1, 0.15) is 0 Å². The number of hydrogen-bond acceptors (Lipinski definition) is 1. The third kappa shape index (κ3) is 25.7. The van der Waals surface area contributed by atoms with Crippen molar-refractivity contribution in [3.63, 3.8) is 0 Å². The van der Waals surface area contributed by atoms with Gasteiger partial charge in [-0.3, -0.25) is 0 Å². The van der Waals surface area contributed by atoms with Gasteiger partial charge in [-0.25, -0.2) is 0 Å². The number of hydrogen-bond donors (Lipinski definition) is 0. The van der Waals surface area contributed by atoms with Crippen molar-refractivity contribution in [3.05, 3.63) is 0 Å². The standard InChI is InChI=1S/3Co.Ni.O. The van der Waals surface area contributed by atoms with E-state index in [4.69, 9.17) is 3.90 Å². The summed E-state index contributed by atoms with van der Waals surface area (Å²) >= 11 is 2.62. The van der Waals surface area contributed by atoms with Gasteiger partial charge in [0, 0.05) is 50.3 Å².